The van der Waals surface area contributed by atoms with Gasteiger partial charge in [-0.15, -0.1) is 0 Å². The molecular weight excluding hydrogens is 697 g/mol. The molecule has 0 aliphatic carbocycles. The lowest BCUT2D eigenvalue weighted by atomic mass is 10.0. The predicted molar refractivity (Wildman–Crippen MR) is 238 cm³/mol. The fourth-order valence-electron chi connectivity index (χ4n) is 6.41. The van der Waals surface area contributed by atoms with Crippen molar-refractivity contribution in [3.8, 4) is 0 Å². The molecule has 0 spiro atoms. The van der Waals surface area contributed by atoms with Gasteiger partial charge in [0.05, 0.1) is 0 Å². The molecular formula is C50H86O6. The van der Waals surface area contributed by atoms with Crippen molar-refractivity contribution in [2.75, 3.05) is 13.2 Å². The van der Waals surface area contributed by atoms with Crippen molar-refractivity contribution >= 4 is 17.9 Å². The van der Waals surface area contributed by atoms with Crippen LogP contribution in [0.2, 0.25) is 0 Å². The van der Waals surface area contributed by atoms with Gasteiger partial charge in [-0.1, -0.05) is 229 Å². The van der Waals surface area contributed by atoms with Gasteiger partial charge in [0.15, 0.2) is 6.10 Å². The number of rotatable bonds is 41. The Morgan fingerprint density at radius 2 is 0.696 bits per heavy atom. The van der Waals surface area contributed by atoms with E-state index in [0.29, 0.717) is 19.3 Å². The van der Waals surface area contributed by atoms with Gasteiger partial charge < -0.3 is 14.2 Å². The van der Waals surface area contributed by atoms with Crippen molar-refractivity contribution < 1.29 is 28.6 Å². The Kier molecular flexibility index (Phi) is 42.5. The highest BCUT2D eigenvalue weighted by Crippen LogP contribution is 2.15. The summed E-state index contributed by atoms with van der Waals surface area (Å²) in [5.41, 5.74) is 0. The quantitative estimate of drug-likeness (QED) is 0.0266. The zero-order chi connectivity index (χ0) is 40.8. The highest BCUT2D eigenvalue weighted by atomic mass is 16.6. The van der Waals surface area contributed by atoms with Crippen LogP contribution in [0.3, 0.4) is 0 Å². The van der Waals surface area contributed by atoms with E-state index in [0.717, 1.165) is 51.4 Å². The first-order chi connectivity index (χ1) is 27.5. The van der Waals surface area contributed by atoms with E-state index in [4.69, 9.17) is 14.2 Å². The second-order valence-electron chi connectivity index (χ2n) is 15.4. The summed E-state index contributed by atoms with van der Waals surface area (Å²) in [7, 11) is 0. The summed E-state index contributed by atoms with van der Waals surface area (Å²) >= 11 is 0. The summed E-state index contributed by atoms with van der Waals surface area (Å²) in [6.45, 7) is 6.42. The van der Waals surface area contributed by atoms with Gasteiger partial charge in [-0.05, 0) is 32.1 Å². The SMILES string of the molecule is CC\C=C/C=C\C=C/C=C\C=C/CCCC(=O)OC(COC(=O)CCCCCCCCCCCCC)COC(=O)CCCCCCCCCCCCCCCC. The smallest absolute Gasteiger partial charge is 0.306 e. The maximum Gasteiger partial charge on any atom is 0.306 e. The molecule has 0 aromatic carbocycles. The largest absolute Gasteiger partial charge is 0.462 e. The lowest BCUT2D eigenvalue weighted by Gasteiger charge is -2.18. The minimum Gasteiger partial charge on any atom is -0.462 e. The van der Waals surface area contributed by atoms with Gasteiger partial charge in [-0.2, -0.15) is 0 Å². The number of hydrogen-bond acceptors (Lipinski definition) is 6. The molecule has 6 nitrogen and oxygen atoms in total. The van der Waals surface area contributed by atoms with Gasteiger partial charge in [0.1, 0.15) is 13.2 Å². The number of esters is 3. The number of carbonyl (C=O) groups excluding carboxylic acids is 3. The lowest BCUT2D eigenvalue weighted by Crippen LogP contribution is -2.30. The number of carbonyl (C=O) groups is 3. The molecule has 0 aromatic heterocycles. The first-order valence-corrected chi connectivity index (χ1v) is 23.4. The molecule has 0 bridgehead atoms. The number of ether oxygens (including phenoxy) is 3. The summed E-state index contributed by atoms with van der Waals surface area (Å²) in [6.07, 6.45) is 53.5. The number of unbranched alkanes of at least 4 members (excludes halogenated alkanes) is 24. The minimum atomic E-state index is -0.805. The van der Waals surface area contributed by atoms with Crippen molar-refractivity contribution in [2.45, 2.75) is 226 Å². The number of hydrogen-bond donors (Lipinski definition) is 0. The summed E-state index contributed by atoms with van der Waals surface area (Å²) in [5.74, 6) is -0.974. The van der Waals surface area contributed by atoms with E-state index in [1.807, 2.05) is 54.7 Å². The Morgan fingerprint density at radius 1 is 0.375 bits per heavy atom. The van der Waals surface area contributed by atoms with Crippen molar-refractivity contribution in [3.63, 3.8) is 0 Å². The van der Waals surface area contributed by atoms with E-state index in [-0.39, 0.29) is 37.5 Å². The second-order valence-corrected chi connectivity index (χ2v) is 15.4. The molecule has 0 amide bonds. The maximum atomic E-state index is 12.7. The van der Waals surface area contributed by atoms with Crippen LogP contribution in [0.1, 0.15) is 220 Å². The highest BCUT2D eigenvalue weighted by molar-refractivity contribution is 5.71. The van der Waals surface area contributed by atoms with Crippen LogP contribution in [0.4, 0.5) is 0 Å². The molecule has 0 heterocycles. The van der Waals surface area contributed by atoms with Crippen LogP contribution in [-0.4, -0.2) is 37.2 Å². The van der Waals surface area contributed by atoms with Gasteiger partial charge in [-0.25, -0.2) is 0 Å². The van der Waals surface area contributed by atoms with Crippen LogP contribution in [-0.2, 0) is 28.6 Å². The average molecular weight is 783 g/mol. The third kappa shape index (κ3) is 42.3. The highest BCUT2D eigenvalue weighted by Gasteiger charge is 2.19. The lowest BCUT2D eigenvalue weighted by molar-refractivity contribution is -0.167. The first-order valence-electron chi connectivity index (χ1n) is 23.4. The summed E-state index contributed by atoms with van der Waals surface area (Å²) in [5, 5.41) is 0. The molecule has 0 fully saturated rings. The molecule has 0 rings (SSSR count). The molecule has 1 atom stereocenters. The van der Waals surface area contributed by atoms with Crippen LogP contribution >= 0.6 is 0 Å². The van der Waals surface area contributed by atoms with Crippen LogP contribution in [0.25, 0.3) is 0 Å². The Morgan fingerprint density at radius 3 is 1.07 bits per heavy atom. The Bertz CT molecular complexity index is 1040. The molecule has 0 aliphatic heterocycles. The summed E-state index contributed by atoms with van der Waals surface area (Å²) in [4.78, 5) is 37.7. The fraction of sp³-hybridized carbons (Fsp3) is 0.740. The monoisotopic (exact) mass is 783 g/mol. The van der Waals surface area contributed by atoms with Gasteiger partial charge in [0.2, 0.25) is 0 Å². The molecule has 0 aromatic rings. The first kappa shape index (κ1) is 53.1. The summed E-state index contributed by atoms with van der Waals surface area (Å²) < 4.78 is 16.6. The fourth-order valence-corrected chi connectivity index (χ4v) is 6.41. The van der Waals surface area contributed by atoms with E-state index in [1.54, 1.807) is 0 Å². The van der Waals surface area contributed by atoms with Crippen molar-refractivity contribution in [2.24, 2.45) is 0 Å². The number of allylic oxidation sites excluding steroid dienone is 10. The van der Waals surface area contributed by atoms with Crippen molar-refractivity contribution in [1.82, 2.24) is 0 Å². The van der Waals surface area contributed by atoms with Crippen LogP contribution < -0.4 is 0 Å². The Labute approximate surface area is 345 Å². The van der Waals surface area contributed by atoms with Gasteiger partial charge in [0, 0.05) is 19.3 Å². The molecule has 1 unspecified atom stereocenters. The van der Waals surface area contributed by atoms with Crippen LogP contribution in [0.15, 0.2) is 60.8 Å². The van der Waals surface area contributed by atoms with Crippen LogP contribution in [0.5, 0.6) is 0 Å². The topological polar surface area (TPSA) is 78.9 Å². The maximum absolute atomic E-state index is 12.7. The predicted octanol–water partition coefficient (Wildman–Crippen LogP) is 14.9. The van der Waals surface area contributed by atoms with E-state index < -0.39 is 6.10 Å². The molecule has 322 valence electrons. The normalized spacial score (nSPS) is 12.6. The average Bonchev–Trinajstić information content (AvgIpc) is 3.19. The molecule has 0 saturated heterocycles. The van der Waals surface area contributed by atoms with Gasteiger partial charge in [0.25, 0.3) is 0 Å². The van der Waals surface area contributed by atoms with E-state index in [1.165, 1.54) is 122 Å². The van der Waals surface area contributed by atoms with Crippen molar-refractivity contribution in [1.29, 1.82) is 0 Å². The van der Waals surface area contributed by atoms with Gasteiger partial charge in [-0.3, -0.25) is 14.4 Å². The molecule has 0 N–H and O–H groups in total. The molecule has 0 saturated carbocycles. The minimum absolute atomic E-state index is 0.100. The van der Waals surface area contributed by atoms with Gasteiger partial charge >= 0.3 is 17.9 Å². The standard InChI is InChI=1S/C50H86O6/c1-4-7-10-13-16-19-22-24-26-28-31-34-37-40-43-49(52)55-46-47(45-54-48(51)42-39-36-33-30-27-21-18-15-12-9-6-3)56-50(53)44-41-38-35-32-29-25-23-20-17-14-11-8-5-2/h8,11,14,17,20,23,25,29,32,35,47H,4-7,9-10,12-13,15-16,18-19,21-22,24,26-28,30-31,33-34,36-46H2,1-3H3/b11-8-,17-14-,23-20-,29-25-,35-32-. The van der Waals surface area contributed by atoms with Crippen molar-refractivity contribution in [3.05, 3.63) is 60.8 Å². The van der Waals surface area contributed by atoms with Crippen LogP contribution in [0, 0.1) is 0 Å². The van der Waals surface area contributed by atoms with E-state index in [2.05, 4.69) is 26.8 Å². The molecule has 56 heavy (non-hydrogen) atoms. The third-order valence-electron chi connectivity index (χ3n) is 9.91. The Balaban J connectivity index is 4.47. The Hall–Kier alpha value is -2.89. The molecule has 6 heteroatoms. The zero-order valence-electron chi connectivity index (χ0n) is 36.6. The van der Waals surface area contributed by atoms with E-state index in [9.17, 15) is 14.4 Å². The second kappa shape index (κ2) is 44.8. The zero-order valence-corrected chi connectivity index (χ0v) is 36.6. The third-order valence-corrected chi connectivity index (χ3v) is 9.91. The molecule has 0 aliphatic rings. The molecule has 0 radical (unpaired) electrons. The summed E-state index contributed by atoms with van der Waals surface area (Å²) in [6, 6.07) is 0. The van der Waals surface area contributed by atoms with E-state index >= 15 is 0 Å².